The van der Waals surface area contributed by atoms with Crippen molar-refractivity contribution in [1.29, 1.82) is 0 Å². The first-order chi connectivity index (χ1) is 13.1. The molecule has 4 heteroatoms. The van der Waals surface area contributed by atoms with Gasteiger partial charge in [0.15, 0.2) is 0 Å². The number of carboxylic acid groups (broad SMARTS) is 1. The number of carbonyl (C=O) groups excluding carboxylic acids is 1. The molecule has 1 unspecified atom stereocenters. The van der Waals surface area contributed by atoms with Gasteiger partial charge in [0.2, 0.25) is 0 Å². The molecule has 27 heavy (non-hydrogen) atoms. The minimum Gasteiger partial charge on any atom is -0.481 e. The number of carbonyl (C=O) groups is 2. The number of benzene rings is 2. The maximum absolute atomic E-state index is 12.3. The number of esters is 1. The van der Waals surface area contributed by atoms with Crippen LogP contribution in [0.1, 0.15) is 62.2 Å². The first kappa shape index (κ1) is 20.7. The van der Waals surface area contributed by atoms with Gasteiger partial charge in [-0.1, -0.05) is 79.9 Å². The van der Waals surface area contributed by atoms with E-state index in [1.807, 2.05) is 60.7 Å². The molecular weight excluding hydrogens is 340 g/mol. The second-order valence-corrected chi connectivity index (χ2v) is 6.74. The molecule has 0 aliphatic heterocycles. The van der Waals surface area contributed by atoms with Gasteiger partial charge in [0.25, 0.3) is 0 Å². The number of carboxylic acids is 1. The van der Waals surface area contributed by atoms with Gasteiger partial charge >= 0.3 is 11.9 Å². The van der Waals surface area contributed by atoms with Crippen molar-refractivity contribution in [3.8, 4) is 0 Å². The molecule has 0 spiro atoms. The van der Waals surface area contributed by atoms with Crippen molar-refractivity contribution in [1.82, 2.24) is 0 Å². The standard InChI is InChI=1S/C23H28O4/c24-22(25)16-10-2-1-3-11-17-23(26)27-21(20-14-8-5-9-15-20)18-19-12-6-4-7-13-19/h4-9,12-15,21H,1-3,10-11,16-18H2,(H,24,25). The zero-order valence-corrected chi connectivity index (χ0v) is 15.7. The summed E-state index contributed by atoms with van der Waals surface area (Å²) in [4.78, 5) is 22.8. The molecule has 0 saturated heterocycles. The van der Waals surface area contributed by atoms with Crippen molar-refractivity contribution in [2.24, 2.45) is 0 Å². The summed E-state index contributed by atoms with van der Waals surface area (Å²) in [6, 6.07) is 19.9. The average Bonchev–Trinajstić information content (AvgIpc) is 2.68. The highest BCUT2D eigenvalue weighted by molar-refractivity contribution is 5.69. The molecule has 0 radical (unpaired) electrons. The molecule has 2 aromatic rings. The van der Waals surface area contributed by atoms with Gasteiger partial charge in [-0.05, 0) is 24.0 Å². The average molecular weight is 368 g/mol. The Bertz CT molecular complexity index is 682. The van der Waals surface area contributed by atoms with Gasteiger partial charge in [-0.15, -0.1) is 0 Å². The second kappa shape index (κ2) is 11.9. The van der Waals surface area contributed by atoms with Crippen LogP contribution in [0.4, 0.5) is 0 Å². The van der Waals surface area contributed by atoms with Gasteiger partial charge in [0, 0.05) is 19.3 Å². The number of ether oxygens (including phenoxy) is 1. The first-order valence-corrected chi connectivity index (χ1v) is 9.65. The smallest absolute Gasteiger partial charge is 0.306 e. The van der Waals surface area contributed by atoms with Crippen molar-refractivity contribution in [3.05, 3.63) is 71.8 Å². The van der Waals surface area contributed by atoms with E-state index in [1.54, 1.807) is 0 Å². The van der Waals surface area contributed by atoms with Crippen LogP contribution < -0.4 is 0 Å². The fourth-order valence-corrected chi connectivity index (χ4v) is 3.02. The lowest BCUT2D eigenvalue weighted by Gasteiger charge is -2.18. The fourth-order valence-electron chi connectivity index (χ4n) is 3.02. The topological polar surface area (TPSA) is 63.6 Å². The fraction of sp³-hybridized carbons (Fsp3) is 0.391. The monoisotopic (exact) mass is 368 g/mol. The van der Waals surface area contributed by atoms with Gasteiger partial charge in [-0.3, -0.25) is 9.59 Å². The zero-order valence-electron chi connectivity index (χ0n) is 15.7. The molecule has 0 saturated carbocycles. The van der Waals surface area contributed by atoms with Gasteiger partial charge in [0.05, 0.1) is 0 Å². The Labute approximate surface area is 161 Å². The molecule has 0 fully saturated rings. The molecule has 4 nitrogen and oxygen atoms in total. The maximum Gasteiger partial charge on any atom is 0.306 e. The summed E-state index contributed by atoms with van der Waals surface area (Å²) in [5, 5.41) is 8.61. The molecule has 0 amide bonds. The zero-order chi connectivity index (χ0) is 19.3. The summed E-state index contributed by atoms with van der Waals surface area (Å²) < 4.78 is 5.78. The molecular formula is C23H28O4. The molecule has 0 aliphatic rings. The predicted octanol–water partition coefficient (Wildman–Crippen LogP) is 5.33. The Hall–Kier alpha value is -2.62. The van der Waals surface area contributed by atoms with Gasteiger partial charge < -0.3 is 9.84 Å². The predicted molar refractivity (Wildman–Crippen MR) is 105 cm³/mol. The van der Waals surface area contributed by atoms with Gasteiger partial charge in [-0.25, -0.2) is 0 Å². The number of hydrogen-bond donors (Lipinski definition) is 1. The van der Waals surface area contributed by atoms with E-state index in [9.17, 15) is 9.59 Å². The lowest BCUT2D eigenvalue weighted by molar-refractivity contribution is -0.149. The largest absolute Gasteiger partial charge is 0.481 e. The van der Waals surface area contributed by atoms with Crippen LogP contribution in [0.5, 0.6) is 0 Å². The summed E-state index contributed by atoms with van der Waals surface area (Å²) >= 11 is 0. The van der Waals surface area contributed by atoms with E-state index in [2.05, 4.69) is 0 Å². The molecule has 0 aliphatic carbocycles. The van der Waals surface area contributed by atoms with E-state index in [4.69, 9.17) is 9.84 Å². The van der Waals surface area contributed by atoms with Crippen LogP contribution in [0.25, 0.3) is 0 Å². The summed E-state index contributed by atoms with van der Waals surface area (Å²) in [7, 11) is 0. The lowest BCUT2D eigenvalue weighted by atomic mass is 10.0. The van der Waals surface area contributed by atoms with Crippen LogP contribution in [0.15, 0.2) is 60.7 Å². The summed E-state index contributed by atoms with van der Waals surface area (Å²) in [5.74, 6) is -0.922. The minimum absolute atomic E-state index is 0.176. The molecule has 0 aromatic heterocycles. The van der Waals surface area contributed by atoms with Crippen LogP contribution >= 0.6 is 0 Å². The highest BCUT2D eigenvalue weighted by Crippen LogP contribution is 2.23. The third kappa shape index (κ3) is 8.54. The number of hydrogen-bond acceptors (Lipinski definition) is 3. The lowest BCUT2D eigenvalue weighted by Crippen LogP contribution is -2.13. The van der Waals surface area contributed by atoms with Crippen LogP contribution in [-0.2, 0) is 20.7 Å². The summed E-state index contributed by atoms with van der Waals surface area (Å²) in [6.45, 7) is 0. The SMILES string of the molecule is O=C(O)CCCCCCCC(=O)OC(Cc1ccccc1)c1ccccc1. The minimum atomic E-state index is -0.746. The van der Waals surface area contributed by atoms with Gasteiger partial charge in [0.1, 0.15) is 6.10 Å². The molecule has 2 aromatic carbocycles. The quantitative estimate of drug-likeness (QED) is 0.406. The molecule has 1 N–H and O–H groups in total. The van der Waals surface area contributed by atoms with Crippen LogP contribution in [0, 0.1) is 0 Å². The van der Waals surface area contributed by atoms with E-state index >= 15 is 0 Å². The Morgan fingerprint density at radius 1 is 0.778 bits per heavy atom. The van der Waals surface area contributed by atoms with E-state index in [1.165, 1.54) is 0 Å². The van der Waals surface area contributed by atoms with Crippen molar-refractivity contribution in [2.45, 2.75) is 57.5 Å². The van der Waals surface area contributed by atoms with E-state index in [0.717, 1.165) is 36.8 Å². The Balaban J connectivity index is 1.78. The summed E-state index contributed by atoms with van der Waals surface area (Å²) in [6.07, 6.45) is 5.24. The Kier molecular flexibility index (Phi) is 9.11. The molecule has 0 bridgehead atoms. The molecule has 2 rings (SSSR count). The van der Waals surface area contributed by atoms with E-state index in [0.29, 0.717) is 19.3 Å². The number of rotatable bonds is 12. The number of unbranched alkanes of at least 4 members (excludes halogenated alkanes) is 4. The Morgan fingerprint density at radius 2 is 1.33 bits per heavy atom. The van der Waals surface area contributed by atoms with E-state index in [-0.39, 0.29) is 18.5 Å². The highest BCUT2D eigenvalue weighted by atomic mass is 16.5. The maximum atomic E-state index is 12.3. The summed E-state index contributed by atoms with van der Waals surface area (Å²) in [5.41, 5.74) is 2.14. The normalized spacial score (nSPS) is 11.7. The van der Waals surface area contributed by atoms with Crippen LogP contribution in [0.3, 0.4) is 0 Å². The van der Waals surface area contributed by atoms with Crippen molar-refractivity contribution < 1.29 is 19.4 Å². The van der Waals surface area contributed by atoms with E-state index < -0.39 is 5.97 Å². The number of aliphatic carboxylic acids is 1. The molecule has 144 valence electrons. The van der Waals surface area contributed by atoms with Crippen molar-refractivity contribution in [2.75, 3.05) is 0 Å². The molecule has 0 heterocycles. The second-order valence-electron chi connectivity index (χ2n) is 6.74. The van der Waals surface area contributed by atoms with Crippen molar-refractivity contribution >= 4 is 11.9 Å². The van der Waals surface area contributed by atoms with Crippen LogP contribution in [0.2, 0.25) is 0 Å². The Morgan fingerprint density at radius 3 is 1.96 bits per heavy atom. The van der Waals surface area contributed by atoms with Crippen molar-refractivity contribution in [3.63, 3.8) is 0 Å². The third-order valence-corrected chi connectivity index (χ3v) is 4.48. The van der Waals surface area contributed by atoms with Gasteiger partial charge in [-0.2, -0.15) is 0 Å². The third-order valence-electron chi connectivity index (χ3n) is 4.48. The highest BCUT2D eigenvalue weighted by Gasteiger charge is 2.17. The first-order valence-electron chi connectivity index (χ1n) is 9.65. The molecule has 1 atom stereocenters. The van der Waals surface area contributed by atoms with Crippen LogP contribution in [-0.4, -0.2) is 17.0 Å².